The smallest absolute Gasteiger partial charge is 0.142 e. The standard InChI is InChI=1S/C32H34N2O2/c1-32(19-27-14-8-9-15-28(27)20-32)34(21-24-10-4-2-5-11-24)22-30(35)26-16-17-31(29(33)18-26)36-23-25-12-6-3-7-13-25/h2-18,30,35H,19-23,33H2,1H3/t30-/m0/s1. The lowest BCUT2D eigenvalue weighted by atomic mass is 9.93. The molecule has 1 aliphatic carbocycles. The average molecular weight is 479 g/mol. The Morgan fingerprint density at radius 2 is 1.42 bits per heavy atom. The first-order chi connectivity index (χ1) is 17.5. The van der Waals surface area contributed by atoms with Gasteiger partial charge in [-0.15, -0.1) is 0 Å². The van der Waals surface area contributed by atoms with Gasteiger partial charge >= 0.3 is 0 Å². The summed E-state index contributed by atoms with van der Waals surface area (Å²) >= 11 is 0. The average Bonchev–Trinajstić information content (AvgIpc) is 3.26. The number of anilines is 1. The fourth-order valence-corrected chi connectivity index (χ4v) is 5.24. The highest BCUT2D eigenvalue weighted by Crippen LogP contribution is 2.37. The molecule has 4 nitrogen and oxygen atoms in total. The van der Waals surface area contributed by atoms with Crippen molar-refractivity contribution >= 4 is 5.69 Å². The Hall–Kier alpha value is -3.60. The first-order valence-corrected chi connectivity index (χ1v) is 12.6. The summed E-state index contributed by atoms with van der Waals surface area (Å²) in [6, 6.07) is 34.8. The van der Waals surface area contributed by atoms with Crippen LogP contribution >= 0.6 is 0 Å². The molecule has 0 unspecified atom stereocenters. The van der Waals surface area contributed by atoms with E-state index in [1.54, 1.807) is 0 Å². The molecule has 4 aromatic carbocycles. The zero-order valence-corrected chi connectivity index (χ0v) is 20.8. The van der Waals surface area contributed by atoms with Crippen LogP contribution < -0.4 is 10.5 Å². The maximum Gasteiger partial charge on any atom is 0.142 e. The number of ether oxygens (including phenoxy) is 1. The molecule has 0 bridgehead atoms. The highest BCUT2D eigenvalue weighted by molar-refractivity contribution is 5.54. The second-order valence-corrected chi connectivity index (χ2v) is 10.1. The monoisotopic (exact) mass is 478 g/mol. The van der Waals surface area contributed by atoms with E-state index in [9.17, 15) is 5.11 Å². The highest BCUT2D eigenvalue weighted by Gasteiger charge is 2.38. The first-order valence-electron chi connectivity index (χ1n) is 12.6. The highest BCUT2D eigenvalue weighted by atomic mass is 16.5. The van der Waals surface area contributed by atoms with Gasteiger partial charge in [0.15, 0.2) is 0 Å². The summed E-state index contributed by atoms with van der Waals surface area (Å²) in [5.74, 6) is 0.633. The van der Waals surface area contributed by atoms with E-state index in [0.29, 0.717) is 24.6 Å². The zero-order valence-electron chi connectivity index (χ0n) is 20.8. The molecule has 0 aliphatic heterocycles. The number of aliphatic hydroxyl groups is 1. The van der Waals surface area contributed by atoms with E-state index in [-0.39, 0.29) is 5.54 Å². The lowest BCUT2D eigenvalue weighted by Gasteiger charge is -2.40. The molecule has 0 spiro atoms. The van der Waals surface area contributed by atoms with Crippen LogP contribution in [0.15, 0.2) is 103 Å². The fraction of sp³-hybridized carbons (Fsp3) is 0.250. The molecule has 4 aromatic rings. The molecule has 184 valence electrons. The van der Waals surface area contributed by atoms with Crippen LogP contribution in [0.2, 0.25) is 0 Å². The number of nitrogens with zero attached hydrogens (tertiary/aromatic N) is 1. The van der Waals surface area contributed by atoms with Crippen molar-refractivity contribution < 1.29 is 9.84 Å². The van der Waals surface area contributed by atoms with Crippen LogP contribution in [0, 0.1) is 0 Å². The zero-order chi connectivity index (χ0) is 25.0. The van der Waals surface area contributed by atoms with Crippen LogP contribution in [0.5, 0.6) is 5.75 Å². The molecule has 3 N–H and O–H groups in total. The molecule has 0 amide bonds. The quantitative estimate of drug-likeness (QED) is 0.292. The van der Waals surface area contributed by atoms with Gasteiger partial charge in [0.05, 0.1) is 11.8 Å². The molecule has 1 aliphatic rings. The Labute approximate surface area is 214 Å². The summed E-state index contributed by atoms with van der Waals surface area (Å²) in [4.78, 5) is 2.43. The number of fused-ring (bicyclic) bond motifs is 1. The molecule has 36 heavy (non-hydrogen) atoms. The minimum absolute atomic E-state index is 0.0786. The molecule has 0 radical (unpaired) electrons. The lowest BCUT2D eigenvalue weighted by molar-refractivity contribution is 0.0391. The Bertz CT molecular complexity index is 1270. The Morgan fingerprint density at radius 1 is 0.833 bits per heavy atom. The number of nitrogen functional groups attached to an aromatic ring is 1. The number of nitrogens with two attached hydrogens (primary N) is 1. The maximum absolute atomic E-state index is 11.3. The van der Waals surface area contributed by atoms with Gasteiger partial charge in [0, 0.05) is 18.6 Å². The van der Waals surface area contributed by atoms with E-state index in [2.05, 4.69) is 60.4 Å². The van der Waals surface area contributed by atoms with Crippen molar-refractivity contribution in [1.82, 2.24) is 4.90 Å². The molecule has 0 heterocycles. The van der Waals surface area contributed by atoms with Crippen LogP contribution in [-0.4, -0.2) is 22.1 Å². The van der Waals surface area contributed by atoms with Gasteiger partial charge in [-0.05, 0) is 59.7 Å². The van der Waals surface area contributed by atoms with Crippen molar-refractivity contribution in [3.05, 3.63) is 131 Å². The molecular formula is C32H34N2O2. The van der Waals surface area contributed by atoms with Gasteiger partial charge in [-0.25, -0.2) is 0 Å². The Kier molecular flexibility index (Phi) is 7.08. The normalized spacial score (nSPS) is 15.0. The van der Waals surface area contributed by atoms with Crippen molar-refractivity contribution in [2.75, 3.05) is 12.3 Å². The molecule has 0 aromatic heterocycles. The number of rotatable bonds is 9. The van der Waals surface area contributed by atoms with E-state index in [1.807, 2.05) is 54.6 Å². The number of hydrogen-bond acceptors (Lipinski definition) is 4. The van der Waals surface area contributed by atoms with Crippen molar-refractivity contribution in [3.63, 3.8) is 0 Å². The van der Waals surface area contributed by atoms with E-state index < -0.39 is 6.10 Å². The van der Waals surface area contributed by atoms with Crippen molar-refractivity contribution in [1.29, 1.82) is 0 Å². The molecule has 5 rings (SSSR count). The summed E-state index contributed by atoms with van der Waals surface area (Å²) in [6.07, 6.45) is 1.27. The van der Waals surface area contributed by atoms with Gasteiger partial charge in [-0.2, -0.15) is 0 Å². The van der Waals surface area contributed by atoms with Crippen molar-refractivity contribution in [2.45, 2.75) is 44.6 Å². The van der Waals surface area contributed by atoms with Gasteiger partial charge < -0.3 is 15.6 Å². The van der Waals surface area contributed by atoms with Gasteiger partial charge in [0.25, 0.3) is 0 Å². The van der Waals surface area contributed by atoms with Crippen LogP contribution in [0.4, 0.5) is 5.69 Å². The van der Waals surface area contributed by atoms with Gasteiger partial charge in [-0.1, -0.05) is 91.0 Å². The largest absolute Gasteiger partial charge is 0.487 e. The molecular weight excluding hydrogens is 444 g/mol. The minimum atomic E-state index is -0.667. The summed E-state index contributed by atoms with van der Waals surface area (Å²) in [5.41, 5.74) is 12.7. The summed E-state index contributed by atoms with van der Waals surface area (Å²) in [5, 5.41) is 11.3. The molecule has 0 fully saturated rings. The SMILES string of the molecule is CC1(N(Cc2ccccc2)C[C@H](O)c2ccc(OCc3ccccc3)c(N)c2)Cc2ccccc2C1. The Balaban J connectivity index is 1.33. The van der Waals surface area contributed by atoms with Crippen molar-refractivity contribution in [2.24, 2.45) is 0 Å². The number of aliphatic hydroxyl groups excluding tert-OH is 1. The lowest BCUT2D eigenvalue weighted by Crippen LogP contribution is -2.48. The first kappa shape index (κ1) is 24.1. The second kappa shape index (κ2) is 10.6. The molecule has 1 atom stereocenters. The predicted molar refractivity (Wildman–Crippen MR) is 146 cm³/mol. The second-order valence-electron chi connectivity index (χ2n) is 10.1. The Morgan fingerprint density at radius 3 is 2.03 bits per heavy atom. The van der Waals surface area contributed by atoms with E-state index >= 15 is 0 Å². The summed E-state index contributed by atoms with van der Waals surface area (Å²) < 4.78 is 5.93. The van der Waals surface area contributed by atoms with E-state index in [4.69, 9.17) is 10.5 Å². The van der Waals surface area contributed by atoms with Crippen LogP contribution in [0.3, 0.4) is 0 Å². The third-order valence-corrected chi connectivity index (χ3v) is 7.29. The molecule has 4 heteroatoms. The topological polar surface area (TPSA) is 58.7 Å². The minimum Gasteiger partial charge on any atom is -0.487 e. The third kappa shape index (κ3) is 5.46. The van der Waals surface area contributed by atoms with Crippen LogP contribution in [0.25, 0.3) is 0 Å². The predicted octanol–water partition coefficient (Wildman–Crippen LogP) is 5.94. The van der Waals surface area contributed by atoms with Gasteiger partial charge in [-0.3, -0.25) is 4.90 Å². The number of β-amino-alcohol motifs (C(OH)–C–C–N with tert-alkyl or cyclic N) is 1. The number of benzene rings is 4. The van der Waals surface area contributed by atoms with E-state index in [1.165, 1.54) is 16.7 Å². The van der Waals surface area contributed by atoms with Crippen molar-refractivity contribution in [3.8, 4) is 5.75 Å². The summed E-state index contributed by atoms with van der Waals surface area (Å²) in [7, 11) is 0. The maximum atomic E-state index is 11.3. The summed E-state index contributed by atoms with van der Waals surface area (Å²) in [6.45, 7) is 4.06. The molecule has 0 saturated carbocycles. The fourth-order valence-electron chi connectivity index (χ4n) is 5.24. The third-order valence-electron chi connectivity index (χ3n) is 7.29. The van der Waals surface area contributed by atoms with Crippen LogP contribution in [0.1, 0.15) is 40.8 Å². The van der Waals surface area contributed by atoms with Crippen LogP contribution in [-0.2, 0) is 26.0 Å². The molecule has 0 saturated heterocycles. The van der Waals surface area contributed by atoms with E-state index in [0.717, 1.165) is 30.5 Å². The number of hydrogen-bond donors (Lipinski definition) is 2. The van der Waals surface area contributed by atoms with Gasteiger partial charge in [0.2, 0.25) is 0 Å². The van der Waals surface area contributed by atoms with Gasteiger partial charge in [0.1, 0.15) is 12.4 Å².